The van der Waals surface area contributed by atoms with Gasteiger partial charge in [0.05, 0.1) is 13.7 Å². The zero-order valence-corrected chi connectivity index (χ0v) is 20.5. The van der Waals surface area contributed by atoms with E-state index in [1.807, 2.05) is 12.1 Å². The van der Waals surface area contributed by atoms with Crippen molar-refractivity contribution in [1.82, 2.24) is 9.80 Å². The van der Waals surface area contributed by atoms with E-state index < -0.39 is 24.1 Å². The highest BCUT2D eigenvalue weighted by atomic mass is 19.1. The summed E-state index contributed by atoms with van der Waals surface area (Å²) in [5.74, 6) is -0.885. The minimum absolute atomic E-state index is 0.0162. The number of halogens is 1. The largest absolute Gasteiger partial charge is 0.489 e. The van der Waals surface area contributed by atoms with Gasteiger partial charge in [-0.1, -0.05) is 30.3 Å². The van der Waals surface area contributed by atoms with Gasteiger partial charge in [0, 0.05) is 37.2 Å². The number of esters is 1. The van der Waals surface area contributed by atoms with Crippen molar-refractivity contribution >= 4 is 17.8 Å². The molecule has 2 aliphatic rings. The number of fused-ring (bicyclic) bond motifs is 1. The summed E-state index contributed by atoms with van der Waals surface area (Å²) in [5.41, 5.74) is 8.86. The highest BCUT2D eigenvalue weighted by Gasteiger charge is 2.37. The second kappa shape index (κ2) is 11.5. The molecule has 0 aromatic heterocycles. The molecular weight excluding hydrogens is 465 g/mol. The molecule has 9 heteroatoms. The van der Waals surface area contributed by atoms with Crippen LogP contribution in [0.25, 0.3) is 0 Å². The molecule has 1 atom stereocenters. The van der Waals surface area contributed by atoms with E-state index in [0.29, 0.717) is 36.3 Å². The third-order valence-corrected chi connectivity index (χ3v) is 6.85. The predicted molar refractivity (Wildman–Crippen MR) is 131 cm³/mol. The maximum atomic E-state index is 13.4. The summed E-state index contributed by atoms with van der Waals surface area (Å²) in [5, 5.41) is 0. The van der Waals surface area contributed by atoms with E-state index in [4.69, 9.17) is 10.5 Å². The van der Waals surface area contributed by atoms with Crippen LogP contribution in [0.1, 0.15) is 52.7 Å². The van der Waals surface area contributed by atoms with Crippen LogP contribution in [-0.2, 0) is 34.0 Å². The van der Waals surface area contributed by atoms with Crippen LogP contribution in [0.5, 0.6) is 5.75 Å². The summed E-state index contributed by atoms with van der Waals surface area (Å²) in [6, 6.07) is 12.4. The van der Waals surface area contributed by atoms with Gasteiger partial charge in [0.15, 0.2) is 0 Å². The molecule has 2 N–H and O–H groups in total. The number of rotatable bonds is 10. The molecule has 0 spiro atoms. The van der Waals surface area contributed by atoms with Crippen LogP contribution in [0.2, 0.25) is 0 Å². The second-order valence-corrected chi connectivity index (χ2v) is 9.30. The van der Waals surface area contributed by atoms with Crippen LogP contribution in [0.15, 0.2) is 42.5 Å². The number of carbonyl (C=O) groups excluding carboxylic acids is 3. The molecule has 2 aromatic carbocycles. The van der Waals surface area contributed by atoms with Gasteiger partial charge in [0.1, 0.15) is 24.6 Å². The van der Waals surface area contributed by atoms with Crippen LogP contribution < -0.4 is 10.5 Å². The van der Waals surface area contributed by atoms with E-state index in [1.54, 1.807) is 18.2 Å². The third kappa shape index (κ3) is 6.02. The Kier molecular flexibility index (Phi) is 8.20. The lowest BCUT2D eigenvalue weighted by molar-refractivity contribution is -0.141. The molecule has 0 bridgehead atoms. The van der Waals surface area contributed by atoms with E-state index in [2.05, 4.69) is 21.8 Å². The molecule has 1 fully saturated rings. The van der Waals surface area contributed by atoms with E-state index in [0.717, 1.165) is 25.2 Å². The third-order valence-electron chi connectivity index (χ3n) is 6.85. The smallest absolute Gasteiger partial charge is 0.305 e. The lowest BCUT2D eigenvalue weighted by Crippen LogP contribution is -2.45. The van der Waals surface area contributed by atoms with Gasteiger partial charge in [-0.05, 0) is 42.5 Å². The number of hydrogen-bond acceptors (Lipinski definition) is 6. The first-order chi connectivity index (χ1) is 17.4. The van der Waals surface area contributed by atoms with Crippen molar-refractivity contribution in [3.05, 3.63) is 64.7 Å². The Bertz CT molecular complexity index is 1100. The Balaban J connectivity index is 1.38. The molecule has 2 amide bonds. The number of ether oxygens (including phenoxy) is 2. The zero-order valence-electron chi connectivity index (χ0n) is 20.5. The van der Waals surface area contributed by atoms with Crippen molar-refractivity contribution in [1.29, 1.82) is 0 Å². The van der Waals surface area contributed by atoms with Crippen LogP contribution in [0.3, 0.4) is 0 Å². The number of amides is 2. The first kappa shape index (κ1) is 25.6. The molecule has 4 rings (SSSR count). The van der Waals surface area contributed by atoms with E-state index in [-0.39, 0.29) is 25.3 Å². The van der Waals surface area contributed by atoms with E-state index in [9.17, 15) is 18.8 Å². The first-order valence-corrected chi connectivity index (χ1v) is 12.2. The SMILES string of the molecule is COC(=O)CCC(C(N)=O)N1Cc2c(OCc3ccc(CN4CCC(F)CC4)cc3)cccc2C1=O. The van der Waals surface area contributed by atoms with Crippen molar-refractivity contribution in [2.45, 2.75) is 57.6 Å². The quantitative estimate of drug-likeness (QED) is 0.507. The highest BCUT2D eigenvalue weighted by Crippen LogP contribution is 2.33. The average molecular weight is 498 g/mol. The Hall–Kier alpha value is -3.46. The molecule has 0 aliphatic carbocycles. The zero-order chi connectivity index (χ0) is 25.7. The monoisotopic (exact) mass is 497 g/mol. The number of methoxy groups -OCH3 is 1. The van der Waals surface area contributed by atoms with Gasteiger partial charge in [-0.25, -0.2) is 4.39 Å². The fourth-order valence-corrected chi connectivity index (χ4v) is 4.74. The number of likely N-dealkylation sites (tertiary alicyclic amines) is 1. The maximum Gasteiger partial charge on any atom is 0.305 e. The van der Waals surface area contributed by atoms with Crippen molar-refractivity contribution in [3.8, 4) is 5.75 Å². The van der Waals surface area contributed by atoms with Gasteiger partial charge >= 0.3 is 5.97 Å². The van der Waals surface area contributed by atoms with Gasteiger partial charge in [0.25, 0.3) is 5.91 Å². The fourth-order valence-electron chi connectivity index (χ4n) is 4.74. The molecule has 1 saturated heterocycles. The topological polar surface area (TPSA) is 102 Å². The molecule has 1 unspecified atom stereocenters. The Morgan fingerprint density at radius 2 is 1.81 bits per heavy atom. The molecule has 0 radical (unpaired) electrons. The lowest BCUT2D eigenvalue weighted by atomic mass is 10.1. The van der Waals surface area contributed by atoms with Gasteiger partial charge in [-0.3, -0.25) is 19.3 Å². The normalized spacial score (nSPS) is 17.1. The van der Waals surface area contributed by atoms with Crippen LogP contribution in [0, 0.1) is 0 Å². The molecule has 0 saturated carbocycles. The number of nitrogens with two attached hydrogens (primary N) is 1. The maximum absolute atomic E-state index is 13.4. The van der Waals surface area contributed by atoms with Gasteiger partial charge in [-0.2, -0.15) is 0 Å². The van der Waals surface area contributed by atoms with Crippen molar-refractivity contribution in [2.75, 3.05) is 20.2 Å². The summed E-state index contributed by atoms with van der Waals surface area (Å²) in [6.45, 7) is 2.85. The molecule has 192 valence electrons. The number of carbonyl (C=O) groups is 3. The molecule has 8 nitrogen and oxygen atoms in total. The summed E-state index contributed by atoms with van der Waals surface area (Å²) in [4.78, 5) is 40.3. The average Bonchev–Trinajstić information content (AvgIpc) is 3.21. The Morgan fingerprint density at radius 1 is 1.11 bits per heavy atom. The van der Waals surface area contributed by atoms with E-state index in [1.165, 1.54) is 17.6 Å². The van der Waals surface area contributed by atoms with Crippen LogP contribution >= 0.6 is 0 Å². The predicted octanol–water partition coefficient (Wildman–Crippen LogP) is 2.96. The molecule has 36 heavy (non-hydrogen) atoms. The molecule has 2 aliphatic heterocycles. The molecular formula is C27H32FN3O5. The van der Waals surface area contributed by atoms with Gasteiger partial charge < -0.3 is 20.1 Å². The summed E-state index contributed by atoms with van der Waals surface area (Å²) < 4.78 is 24.1. The van der Waals surface area contributed by atoms with Crippen molar-refractivity contribution < 1.29 is 28.2 Å². The number of piperidine rings is 1. The minimum atomic E-state index is -0.917. The summed E-state index contributed by atoms with van der Waals surface area (Å²) >= 11 is 0. The van der Waals surface area contributed by atoms with Crippen molar-refractivity contribution in [2.24, 2.45) is 5.73 Å². The number of nitrogens with zero attached hydrogens (tertiary/aromatic N) is 2. The van der Waals surface area contributed by atoms with Gasteiger partial charge in [0.2, 0.25) is 5.91 Å². The van der Waals surface area contributed by atoms with Crippen LogP contribution in [0.4, 0.5) is 4.39 Å². The molecule has 2 aromatic rings. The summed E-state index contributed by atoms with van der Waals surface area (Å²) in [6.07, 6.45) is 0.592. The Morgan fingerprint density at radius 3 is 2.47 bits per heavy atom. The number of alkyl halides is 1. The molecule has 2 heterocycles. The van der Waals surface area contributed by atoms with Crippen LogP contribution in [-0.4, -0.2) is 60.0 Å². The first-order valence-electron chi connectivity index (χ1n) is 12.2. The Labute approximate surface area is 210 Å². The standard InChI is InChI=1S/C27H32FN3O5/c1-35-25(32)10-9-23(26(29)33)31-16-22-21(27(31)34)3-2-4-24(22)36-17-19-7-5-18(6-8-19)15-30-13-11-20(28)12-14-30/h2-8,20,23H,9-17H2,1H3,(H2,29,33). The lowest BCUT2D eigenvalue weighted by Gasteiger charge is -2.28. The fraction of sp³-hybridized carbons (Fsp3) is 0.444. The number of primary amides is 1. The minimum Gasteiger partial charge on any atom is -0.489 e. The number of benzene rings is 2. The highest BCUT2D eigenvalue weighted by molar-refractivity contribution is 6.01. The van der Waals surface area contributed by atoms with Crippen molar-refractivity contribution in [3.63, 3.8) is 0 Å². The number of hydrogen-bond donors (Lipinski definition) is 1. The second-order valence-electron chi connectivity index (χ2n) is 9.30. The van der Waals surface area contributed by atoms with Gasteiger partial charge in [-0.15, -0.1) is 0 Å². The summed E-state index contributed by atoms with van der Waals surface area (Å²) in [7, 11) is 1.27. The van der Waals surface area contributed by atoms with E-state index >= 15 is 0 Å².